The number of aryl methyl sites for hydroxylation is 1. The second kappa shape index (κ2) is 6.87. The number of nitrogens with zero attached hydrogens (tertiary/aromatic N) is 2. The molecule has 0 aliphatic heterocycles. The molecule has 1 atom stereocenters. The van der Waals surface area contributed by atoms with Gasteiger partial charge in [-0.1, -0.05) is 13.8 Å². The monoisotopic (exact) mass is 277 g/mol. The van der Waals surface area contributed by atoms with Crippen LogP contribution in [0.4, 0.5) is 0 Å². The summed E-state index contributed by atoms with van der Waals surface area (Å²) in [5.74, 6) is 0. The van der Waals surface area contributed by atoms with Crippen molar-refractivity contribution in [2.45, 2.75) is 52.7 Å². The molecule has 4 heteroatoms. The fraction of sp³-hybridized carbons (Fsp3) is 0.533. The normalized spacial score (nSPS) is 12.8. The third kappa shape index (κ3) is 3.67. The van der Waals surface area contributed by atoms with Gasteiger partial charge in [-0.05, 0) is 42.8 Å². The zero-order valence-electron chi connectivity index (χ0n) is 12.0. The molecule has 2 heterocycles. The lowest BCUT2D eigenvalue weighted by molar-refractivity contribution is 0.471. The third-order valence-electron chi connectivity index (χ3n) is 3.52. The maximum atomic E-state index is 4.60. The Bertz CT molecular complexity index is 501. The van der Waals surface area contributed by atoms with E-state index in [1.807, 2.05) is 11.3 Å². The highest BCUT2D eigenvalue weighted by molar-refractivity contribution is 7.10. The van der Waals surface area contributed by atoms with Crippen molar-refractivity contribution in [2.75, 3.05) is 0 Å². The molecule has 0 fully saturated rings. The first-order valence-corrected chi connectivity index (χ1v) is 7.92. The van der Waals surface area contributed by atoms with Gasteiger partial charge in [0, 0.05) is 30.2 Å². The van der Waals surface area contributed by atoms with Crippen molar-refractivity contribution < 1.29 is 0 Å². The Labute approximate surface area is 119 Å². The van der Waals surface area contributed by atoms with Crippen LogP contribution in [0.5, 0.6) is 0 Å². The minimum atomic E-state index is 0.484. The van der Waals surface area contributed by atoms with Crippen molar-refractivity contribution in [1.29, 1.82) is 0 Å². The smallest absolute Gasteiger partial charge is 0.0762 e. The van der Waals surface area contributed by atoms with Crippen LogP contribution in [0.25, 0.3) is 0 Å². The number of nitrogens with one attached hydrogen (secondary N) is 1. The van der Waals surface area contributed by atoms with Gasteiger partial charge in [-0.2, -0.15) is 5.10 Å². The van der Waals surface area contributed by atoms with E-state index in [0.717, 1.165) is 31.6 Å². The van der Waals surface area contributed by atoms with Gasteiger partial charge in [-0.3, -0.25) is 4.68 Å². The van der Waals surface area contributed by atoms with E-state index < -0.39 is 0 Å². The van der Waals surface area contributed by atoms with Crippen LogP contribution in [0.15, 0.2) is 23.7 Å². The molecule has 1 unspecified atom stereocenters. The van der Waals surface area contributed by atoms with Gasteiger partial charge in [0.25, 0.3) is 0 Å². The zero-order chi connectivity index (χ0) is 13.7. The van der Waals surface area contributed by atoms with Crippen molar-refractivity contribution in [1.82, 2.24) is 15.1 Å². The second-order valence-corrected chi connectivity index (χ2v) is 5.87. The van der Waals surface area contributed by atoms with Gasteiger partial charge in [0.15, 0.2) is 0 Å². The first-order valence-electron chi connectivity index (χ1n) is 7.04. The molecular weight excluding hydrogens is 254 g/mol. The number of hydrogen-bond donors (Lipinski definition) is 1. The number of hydrogen-bond acceptors (Lipinski definition) is 3. The maximum absolute atomic E-state index is 4.60. The summed E-state index contributed by atoms with van der Waals surface area (Å²) in [5, 5.41) is 10.3. The van der Waals surface area contributed by atoms with Crippen LogP contribution >= 0.6 is 11.3 Å². The quantitative estimate of drug-likeness (QED) is 0.835. The van der Waals surface area contributed by atoms with Crippen molar-refractivity contribution in [3.8, 4) is 0 Å². The Hall–Kier alpha value is -1.13. The Morgan fingerprint density at radius 1 is 1.32 bits per heavy atom. The van der Waals surface area contributed by atoms with Crippen LogP contribution in [0.3, 0.4) is 0 Å². The maximum Gasteiger partial charge on any atom is 0.0762 e. The predicted molar refractivity (Wildman–Crippen MR) is 81.5 cm³/mol. The number of thiophene rings is 1. The van der Waals surface area contributed by atoms with Crippen LogP contribution in [-0.4, -0.2) is 9.78 Å². The molecule has 3 nitrogen and oxygen atoms in total. The molecule has 0 aliphatic rings. The minimum absolute atomic E-state index is 0.484. The summed E-state index contributed by atoms with van der Waals surface area (Å²) < 4.78 is 2.06. The summed E-state index contributed by atoms with van der Waals surface area (Å²) in [6, 6.07) is 4.81. The van der Waals surface area contributed by atoms with Crippen LogP contribution < -0.4 is 5.32 Å². The number of rotatable bonds is 7. The summed E-state index contributed by atoms with van der Waals surface area (Å²) >= 11 is 1.83. The van der Waals surface area contributed by atoms with E-state index in [2.05, 4.69) is 59.6 Å². The van der Waals surface area contributed by atoms with Gasteiger partial charge in [0.1, 0.15) is 0 Å². The molecule has 0 saturated carbocycles. The summed E-state index contributed by atoms with van der Waals surface area (Å²) in [7, 11) is 0. The summed E-state index contributed by atoms with van der Waals surface area (Å²) in [5.41, 5.74) is 2.58. The third-order valence-corrected chi connectivity index (χ3v) is 4.48. The molecule has 19 heavy (non-hydrogen) atoms. The van der Waals surface area contributed by atoms with E-state index in [1.165, 1.54) is 10.4 Å². The SMILES string of the molecule is CCc1ccsc1CNCc1ccn(C(C)CC)n1. The lowest BCUT2D eigenvalue weighted by atomic mass is 10.2. The molecule has 0 radical (unpaired) electrons. The fourth-order valence-electron chi connectivity index (χ4n) is 2.05. The van der Waals surface area contributed by atoms with Crippen molar-refractivity contribution in [3.05, 3.63) is 39.8 Å². The van der Waals surface area contributed by atoms with Gasteiger partial charge >= 0.3 is 0 Å². The predicted octanol–water partition coefficient (Wildman–Crippen LogP) is 3.77. The van der Waals surface area contributed by atoms with E-state index in [4.69, 9.17) is 0 Å². The Morgan fingerprint density at radius 2 is 2.16 bits per heavy atom. The molecule has 2 aromatic heterocycles. The molecule has 2 aromatic rings. The minimum Gasteiger partial charge on any atom is -0.306 e. The summed E-state index contributed by atoms with van der Waals surface area (Å²) in [6.45, 7) is 8.37. The fourth-order valence-corrected chi connectivity index (χ4v) is 2.99. The molecule has 0 spiro atoms. The molecule has 0 bridgehead atoms. The highest BCUT2D eigenvalue weighted by atomic mass is 32.1. The van der Waals surface area contributed by atoms with Crippen LogP contribution in [-0.2, 0) is 19.5 Å². The Balaban J connectivity index is 1.84. The van der Waals surface area contributed by atoms with Crippen LogP contribution in [0, 0.1) is 0 Å². The van der Waals surface area contributed by atoms with Crippen molar-refractivity contribution in [2.24, 2.45) is 0 Å². The molecular formula is C15H23N3S. The summed E-state index contributed by atoms with van der Waals surface area (Å²) in [4.78, 5) is 1.45. The van der Waals surface area contributed by atoms with Gasteiger partial charge in [-0.25, -0.2) is 0 Å². The highest BCUT2D eigenvalue weighted by Gasteiger charge is 2.05. The number of aromatic nitrogens is 2. The highest BCUT2D eigenvalue weighted by Crippen LogP contribution is 2.17. The molecule has 0 aliphatic carbocycles. The zero-order valence-corrected chi connectivity index (χ0v) is 12.8. The largest absolute Gasteiger partial charge is 0.306 e. The van der Waals surface area contributed by atoms with E-state index in [9.17, 15) is 0 Å². The van der Waals surface area contributed by atoms with Gasteiger partial charge < -0.3 is 5.32 Å². The van der Waals surface area contributed by atoms with E-state index in [-0.39, 0.29) is 0 Å². The lowest BCUT2D eigenvalue weighted by Gasteiger charge is -2.08. The topological polar surface area (TPSA) is 29.9 Å². The molecule has 104 valence electrons. The van der Waals surface area contributed by atoms with Crippen molar-refractivity contribution in [3.63, 3.8) is 0 Å². The Morgan fingerprint density at radius 3 is 2.89 bits per heavy atom. The van der Waals surface area contributed by atoms with Gasteiger partial charge in [0.2, 0.25) is 0 Å². The molecule has 0 saturated heterocycles. The second-order valence-electron chi connectivity index (χ2n) is 4.87. The standard InChI is InChI=1S/C15H23N3S/c1-4-12(3)18-8-6-14(17-18)10-16-11-15-13(5-2)7-9-19-15/h6-9,12,16H,4-5,10-11H2,1-3H3. The lowest BCUT2D eigenvalue weighted by Crippen LogP contribution is -2.14. The molecule has 0 aromatic carbocycles. The Kier molecular flexibility index (Phi) is 5.16. The van der Waals surface area contributed by atoms with Gasteiger partial charge in [-0.15, -0.1) is 11.3 Å². The van der Waals surface area contributed by atoms with Gasteiger partial charge in [0.05, 0.1) is 5.69 Å². The average molecular weight is 277 g/mol. The van der Waals surface area contributed by atoms with Crippen molar-refractivity contribution >= 4 is 11.3 Å². The average Bonchev–Trinajstić information content (AvgIpc) is 3.06. The molecule has 1 N–H and O–H groups in total. The summed E-state index contributed by atoms with van der Waals surface area (Å²) in [6.07, 6.45) is 4.31. The van der Waals surface area contributed by atoms with Crippen LogP contribution in [0.1, 0.15) is 49.4 Å². The molecule has 2 rings (SSSR count). The first kappa shape index (κ1) is 14.3. The van der Waals surface area contributed by atoms with Crippen LogP contribution in [0.2, 0.25) is 0 Å². The molecule has 0 amide bonds. The van der Waals surface area contributed by atoms with E-state index in [0.29, 0.717) is 6.04 Å². The van der Waals surface area contributed by atoms with E-state index in [1.54, 1.807) is 0 Å². The first-order chi connectivity index (χ1) is 9.24. The van der Waals surface area contributed by atoms with E-state index >= 15 is 0 Å².